The Balaban J connectivity index is 2.32. The number of carbonyl (C=O) groups excluding carboxylic acids is 1. The molecule has 0 radical (unpaired) electrons. The Morgan fingerprint density at radius 3 is 2.53 bits per heavy atom. The van der Waals surface area contributed by atoms with Crippen LogP contribution in [0.2, 0.25) is 0 Å². The molecule has 1 heterocycles. The van der Waals surface area contributed by atoms with Crippen molar-refractivity contribution in [2.75, 3.05) is 5.32 Å². The summed E-state index contributed by atoms with van der Waals surface area (Å²) in [5, 5.41) is 3.01. The molecule has 0 fully saturated rings. The maximum absolute atomic E-state index is 12.6. The third-order valence-corrected chi connectivity index (χ3v) is 4.53. The largest absolute Gasteiger partial charge is 0.325 e. The van der Waals surface area contributed by atoms with Crippen molar-refractivity contribution in [2.24, 2.45) is 0 Å². The molecule has 2 aromatic carbocycles. The maximum atomic E-state index is 12.6. The van der Waals surface area contributed by atoms with Crippen LogP contribution in [0.5, 0.6) is 0 Å². The average molecular weight is 316 g/mol. The summed E-state index contributed by atoms with van der Waals surface area (Å²) >= 11 is 3.60. The van der Waals surface area contributed by atoms with Crippen molar-refractivity contribution < 1.29 is 4.79 Å². The molecule has 1 N–H and O–H groups in total. The van der Waals surface area contributed by atoms with Gasteiger partial charge in [0.25, 0.3) is 0 Å². The second-order valence-corrected chi connectivity index (χ2v) is 5.60. The van der Waals surface area contributed by atoms with Gasteiger partial charge in [0, 0.05) is 15.7 Å². The van der Waals surface area contributed by atoms with E-state index in [0.29, 0.717) is 0 Å². The summed E-state index contributed by atoms with van der Waals surface area (Å²) in [4.78, 5) is 12.6. The zero-order chi connectivity index (χ0) is 13.5. The molecule has 1 atom stereocenters. The molecular formula is C16H14BrNO. The molecule has 0 spiro atoms. The van der Waals surface area contributed by atoms with Crippen LogP contribution in [-0.4, -0.2) is 5.91 Å². The van der Waals surface area contributed by atoms with E-state index in [0.717, 1.165) is 27.7 Å². The van der Waals surface area contributed by atoms with Crippen molar-refractivity contribution in [1.29, 1.82) is 0 Å². The van der Waals surface area contributed by atoms with Gasteiger partial charge in [0.2, 0.25) is 5.91 Å². The lowest BCUT2D eigenvalue weighted by Crippen LogP contribution is -2.35. The molecule has 0 aromatic heterocycles. The predicted molar refractivity (Wildman–Crippen MR) is 80.3 cm³/mol. The van der Waals surface area contributed by atoms with Gasteiger partial charge in [-0.3, -0.25) is 4.79 Å². The Morgan fingerprint density at radius 2 is 1.84 bits per heavy atom. The number of halogens is 1. The third kappa shape index (κ3) is 1.65. The number of anilines is 1. The summed E-state index contributed by atoms with van der Waals surface area (Å²) in [5.41, 5.74) is 2.41. The van der Waals surface area contributed by atoms with Crippen LogP contribution in [0.15, 0.2) is 53.0 Å². The van der Waals surface area contributed by atoms with Gasteiger partial charge in [-0.05, 0) is 24.1 Å². The van der Waals surface area contributed by atoms with E-state index in [9.17, 15) is 4.79 Å². The van der Waals surface area contributed by atoms with Crippen molar-refractivity contribution in [3.63, 3.8) is 0 Å². The molecule has 0 saturated carbocycles. The zero-order valence-corrected chi connectivity index (χ0v) is 12.2. The first-order valence-corrected chi connectivity index (χ1v) is 7.15. The molecule has 2 aromatic rings. The topological polar surface area (TPSA) is 29.1 Å². The quantitative estimate of drug-likeness (QED) is 0.888. The Labute approximate surface area is 121 Å². The molecule has 3 heteroatoms. The third-order valence-electron chi connectivity index (χ3n) is 3.87. The van der Waals surface area contributed by atoms with E-state index < -0.39 is 5.41 Å². The highest BCUT2D eigenvalue weighted by molar-refractivity contribution is 9.10. The van der Waals surface area contributed by atoms with Crippen LogP contribution in [0.3, 0.4) is 0 Å². The summed E-state index contributed by atoms with van der Waals surface area (Å²) in [6, 6.07) is 15.9. The average Bonchev–Trinajstić information content (AvgIpc) is 2.73. The van der Waals surface area contributed by atoms with E-state index >= 15 is 0 Å². The number of fused-ring (bicyclic) bond motifs is 1. The minimum Gasteiger partial charge on any atom is -0.325 e. The number of carbonyl (C=O) groups is 1. The number of nitrogens with one attached hydrogen (secondary N) is 1. The van der Waals surface area contributed by atoms with Gasteiger partial charge >= 0.3 is 0 Å². The first-order chi connectivity index (χ1) is 9.20. The molecule has 2 nitrogen and oxygen atoms in total. The van der Waals surface area contributed by atoms with Crippen LogP contribution < -0.4 is 5.32 Å². The maximum Gasteiger partial charge on any atom is 0.239 e. The number of amides is 1. The van der Waals surface area contributed by atoms with Crippen LogP contribution in [0.4, 0.5) is 5.69 Å². The smallest absolute Gasteiger partial charge is 0.239 e. The molecule has 1 aliphatic heterocycles. The normalized spacial score (nSPS) is 21.1. The van der Waals surface area contributed by atoms with Crippen molar-refractivity contribution >= 4 is 27.5 Å². The minimum atomic E-state index is -0.587. The number of hydrogen-bond donors (Lipinski definition) is 1. The summed E-state index contributed by atoms with van der Waals surface area (Å²) in [5.74, 6) is 0.0584. The van der Waals surface area contributed by atoms with E-state index in [-0.39, 0.29) is 5.91 Å². The molecule has 0 bridgehead atoms. The standard InChI is InChI=1S/C16H14BrNO/c1-2-16(11-7-4-3-5-8-11)14-12(17)9-6-10-13(14)18-15(16)19/h3-10H,2H2,1H3,(H,18,19). The monoisotopic (exact) mass is 315 g/mol. The van der Waals surface area contributed by atoms with Gasteiger partial charge in [0.05, 0.1) is 0 Å². The van der Waals surface area contributed by atoms with Crippen LogP contribution in [-0.2, 0) is 10.2 Å². The fourth-order valence-corrected chi connectivity index (χ4v) is 3.65. The minimum absolute atomic E-state index is 0.0584. The van der Waals surface area contributed by atoms with E-state index in [1.807, 2.05) is 48.5 Å². The highest BCUT2D eigenvalue weighted by atomic mass is 79.9. The van der Waals surface area contributed by atoms with E-state index in [1.165, 1.54) is 0 Å². The lowest BCUT2D eigenvalue weighted by molar-refractivity contribution is -0.119. The van der Waals surface area contributed by atoms with Gasteiger partial charge in [-0.2, -0.15) is 0 Å². The Kier molecular flexibility index (Phi) is 2.94. The molecule has 0 aliphatic carbocycles. The number of hydrogen-bond acceptors (Lipinski definition) is 1. The summed E-state index contributed by atoms with van der Waals surface area (Å²) < 4.78 is 0.981. The van der Waals surface area contributed by atoms with Crippen molar-refractivity contribution in [3.05, 3.63) is 64.1 Å². The first kappa shape index (κ1) is 12.4. The molecule has 1 amide bonds. The van der Waals surface area contributed by atoms with Crippen molar-refractivity contribution in [3.8, 4) is 0 Å². The van der Waals surface area contributed by atoms with Gasteiger partial charge < -0.3 is 5.32 Å². The van der Waals surface area contributed by atoms with Gasteiger partial charge in [0.15, 0.2) is 0 Å². The molecule has 19 heavy (non-hydrogen) atoms. The van der Waals surface area contributed by atoms with Gasteiger partial charge in [0.1, 0.15) is 5.41 Å². The molecule has 1 aliphatic rings. The summed E-state index contributed by atoms with van der Waals surface area (Å²) in [7, 11) is 0. The predicted octanol–water partition coefficient (Wildman–Crippen LogP) is 4.10. The van der Waals surface area contributed by atoms with Crippen molar-refractivity contribution in [2.45, 2.75) is 18.8 Å². The fraction of sp³-hybridized carbons (Fsp3) is 0.188. The molecular weight excluding hydrogens is 302 g/mol. The summed E-state index contributed by atoms with van der Waals surface area (Å²) in [6.07, 6.45) is 0.735. The van der Waals surface area contributed by atoms with Crippen LogP contribution in [0.1, 0.15) is 24.5 Å². The van der Waals surface area contributed by atoms with Gasteiger partial charge in [-0.25, -0.2) is 0 Å². The van der Waals surface area contributed by atoms with E-state index in [4.69, 9.17) is 0 Å². The van der Waals surface area contributed by atoms with E-state index in [2.05, 4.69) is 28.2 Å². The lowest BCUT2D eigenvalue weighted by Gasteiger charge is -2.27. The second-order valence-electron chi connectivity index (χ2n) is 4.74. The molecule has 96 valence electrons. The van der Waals surface area contributed by atoms with E-state index in [1.54, 1.807) is 0 Å². The Morgan fingerprint density at radius 1 is 1.11 bits per heavy atom. The lowest BCUT2D eigenvalue weighted by atomic mass is 9.73. The highest BCUT2D eigenvalue weighted by Gasteiger charge is 2.47. The Hall–Kier alpha value is -1.61. The zero-order valence-electron chi connectivity index (χ0n) is 10.6. The number of rotatable bonds is 2. The Bertz CT molecular complexity index is 638. The SMILES string of the molecule is CCC1(c2ccccc2)C(=O)Nc2cccc(Br)c21. The summed E-state index contributed by atoms with van der Waals surface area (Å²) in [6.45, 7) is 2.06. The van der Waals surface area contributed by atoms with Crippen LogP contribution in [0, 0.1) is 0 Å². The van der Waals surface area contributed by atoms with Gasteiger partial charge in [-0.1, -0.05) is 59.3 Å². The fourth-order valence-electron chi connectivity index (χ4n) is 2.94. The number of benzene rings is 2. The molecule has 3 rings (SSSR count). The van der Waals surface area contributed by atoms with Crippen molar-refractivity contribution in [1.82, 2.24) is 0 Å². The van der Waals surface area contributed by atoms with Crippen LogP contribution >= 0.6 is 15.9 Å². The molecule has 0 saturated heterocycles. The molecule has 1 unspecified atom stereocenters. The highest BCUT2D eigenvalue weighted by Crippen LogP contribution is 2.48. The van der Waals surface area contributed by atoms with Gasteiger partial charge in [-0.15, -0.1) is 0 Å². The second kappa shape index (κ2) is 4.49. The van der Waals surface area contributed by atoms with Crippen LogP contribution in [0.25, 0.3) is 0 Å². The first-order valence-electron chi connectivity index (χ1n) is 6.36.